The van der Waals surface area contributed by atoms with Gasteiger partial charge in [-0.05, 0) is 6.42 Å². The summed E-state index contributed by atoms with van der Waals surface area (Å²) in [5.41, 5.74) is -2.63. The van der Waals surface area contributed by atoms with Crippen LogP contribution in [-0.2, 0) is 4.79 Å². The summed E-state index contributed by atoms with van der Waals surface area (Å²) in [5.74, 6) is -0.302. The molecule has 0 aromatic rings. The van der Waals surface area contributed by atoms with Gasteiger partial charge in [0.2, 0.25) is 5.91 Å². The van der Waals surface area contributed by atoms with Crippen LogP contribution in [-0.4, -0.2) is 40.8 Å². The van der Waals surface area contributed by atoms with Crippen LogP contribution in [0.25, 0.3) is 0 Å². The zero-order chi connectivity index (χ0) is 13.3. The van der Waals surface area contributed by atoms with Gasteiger partial charge in [-0.25, -0.2) is 0 Å². The van der Waals surface area contributed by atoms with Gasteiger partial charge in [0, 0.05) is 31.8 Å². The number of likely N-dealkylation sites (tertiary alicyclic amines) is 1. The van der Waals surface area contributed by atoms with E-state index >= 15 is 0 Å². The number of carbonyl (C=O) groups excluding carboxylic acids is 1. The summed E-state index contributed by atoms with van der Waals surface area (Å²) < 4.78 is 37.6. The molecule has 17 heavy (non-hydrogen) atoms. The first-order valence-corrected chi connectivity index (χ1v) is 5.79. The molecule has 0 aliphatic carbocycles. The lowest BCUT2D eigenvalue weighted by molar-refractivity contribution is -0.272. The largest absolute Gasteiger partial charge is 0.417 e. The summed E-state index contributed by atoms with van der Waals surface area (Å²) in [6.45, 7) is 3.56. The minimum atomic E-state index is -4.61. The minimum absolute atomic E-state index is 0.0286. The van der Waals surface area contributed by atoms with Gasteiger partial charge in [0.25, 0.3) is 0 Å². The first kappa shape index (κ1) is 14.3. The predicted molar refractivity (Wildman–Crippen MR) is 56.3 cm³/mol. The fraction of sp³-hybridized carbons (Fsp3) is 0.909. The van der Waals surface area contributed by atoms with Crippen molar-refractivity contribution < 1.29 is 23.1 Å². The van der Waals surface area contributed by atoms with Gasteiger partial charge in [-0.3, -0.25) is 4.79 Å². The van der Waals surface area contributed by atoms with Crippen molar-refractivity contribution >= 4 is 5.91 Å². The van der Waals surface area contributed by atoms with E-state index < -0.39 is 24.6 Å². The lowest BCUT2D eigenvalue weighted by Gasteiger charge is -2.39. The van der Waals surface area contributed by atoms with Crippen LogP contribution in [0.5, 0.6) is 0 Å². The number of carbonyl (C=O) groups is 1. The maximum absolute atomic E-state index is 12.5. The van der Waals surface area contributed by atoms with Gasteiger partial charge >= 0.3 is 6.18 Å². The molecule has 0 saturated carbocycles. The third kappa shape index (κ3) is 2.91. The van der Waals surface area contributed by atoms with Crippen LogP contribution in [0.1, 0.15) is 33.1 Å². The van der Waals surface area contributed by atoms with Gasteiger partial charge in [-0.2, -0.15) is 13.2 Å². The first-order valence-electron chi connectivity index (χ1n) is 5.79. The second-order valence-corrected chi connectivity index (χ2v) is 4.66. The number of nitrogens with zero attached hydrogens (tertiary/aromatic N) is 1. The van der Waals surface area contributed by atoms with Gasteiger partial charge in [-0.15, -0.1) is 0 Å². The van der Waals surface area contributed by atoms with Crippen molar-refractivity contribution in [3.8, 4) is 0 Å². The van der Waals surface area contributed by atoms with E-state index in [4.69, 9.17) is 0 Å². The van der Waals surface area contributed by atoms with Gasteiger partial charge in [-0.1, -0.05) is 13.8 Å². The van der Waals surface area contributed by atoms with Crippen molar-refractivity contribution in [1.82, 2.24) is 4.90 Å². The highest BCUT2D eigenvalue weighted by atomic mass is 19.4. The zero-order valence-electron chi connectivity index (χ0n) is 10.0. The number of alkyl halides is 3. The van der Waals surface area contributed by atoms with E-state index in [-0.39, 0.29) is 24.9 Å². The van der Waals surface area contributed by atoms with Crippen LogP contribution >= 0.6 is 0 Å². The molecule has 1 rings (SSSR count). The molecule has 1 N–H and O–H groups in total. The number of hydrogen-bond donors (Lipinski definition) is 1. The molecule has 1 heterocycles. The highest BCUT2D eigenvalue weighted by Crippen LogP contribution is 2.38. The lowest BCUT2D eigenvalue weighted by atomic mass is 9.90. The van der Waals surface area contributed by atoms with Gasteiger partial charge in [0.15, 0.2) is 5.60 Å². The van der Waals surface area contributed by atoms with Crippen molar-refractivity contribution in [1.29, 1.82) is 0 Å². The number of halogens is 3. The van der Waals surface area contributed by atoms with Gasteiger partial charge < -0.3 is 10.0 Å². The summed E-state index contributed by atoms with van der Waals surface area (Å²) in [7, 11) is 0. The summed E-state index contributed by atoms with van der Waals surface area (Å²) in [6.07, 6.45) is -4.81. The van der Waals surface area contributed by atoms with E-state index in [9.17, 15) is 23.1 Å². The SMILES string of the molecule is CCC(C)C(=O)N1CCC(O)(C(F)(F)F)CC1. The highest BCUT2D eigenvalue weighted by molar-refractivity contribution is 5.78. The fourth-order valence-electron chi connectivity index (χ4n) is 1.87. The van der Waals surface area contributed by atoms with Crippen LogP contribution in [0, 0.1) is 5.92 Å². The highest BCUT2D eigenvalue weighted by Gasteiger charge is 2.54. The quantitative estimate of drug-likeness (QED) is 0.817. The van der Waals surface area contributed by atoms with Crippen LogP contribution in [0.3, 0.4) is 0 Å². The van der Waals surface area contributed by atoms with Crippen LogP contribution in [0.15, 0.2) is 0 Å². The smallest absolute Gasteiger partial charge is 0.380 e. The molecule has 3 nitrogen and oxygen atoms in total. The molecule has 1 fully saturated rings. The Kier molecular flexibility index (Phi) is 4.06. The third-order valence-electron chi connectivity index (χ3n) is 3.46. The van der Waals surface area contributed by atoms with E-state index in [1.54, 1.807) is 6.92 Å². The number of rotatable bonds is 2. The predicted octanol–water partition coefficient (Wildman–Crippen LogP) is 1.95. The molecule has 6 heteroatoms. The molecule has 0 radical (unpaired) electrons. The molecule has 0 spiro atoms. The Hall–Kier alpha value is -0.780. The molecule has 1 unspecified atom stereocenters. The molecule has 100 valence electrons. The number of piperidine rings is 1. The van der Waals surface area contributed by atoms with E-state index in [0.29, 0.717) is 6.42 Å². The number of amides is 1. The first-order chi connectivity index (χ1) is 7.71. The molecule has 0 bridgehead atoms. The van der Waals surface area contributed by atoms with Gasteiger partial charge in [0.05, 0.1) is 0 Å². The molecule has 1 saturated heterocycles. The van der Waals surface area contributed by atoms with E-state index in [1.807, 2.05) is 6.92 Å². The molecular formula is C11H18F3NO2. The Morgan fingerprint density at radius 2 is 1.88 bits per heavy atom. The third-order valence-corrected chi connectivity index (χ3v) is 3.46. The van der Waals surface area contributed by atoms with Gasteiger partial charge in [0.1, 0.15) is 0 Å². The molecule has 1 aliphatic rings. The molecule has 0 aromatic carbocycles. The summed E-state index contributed by atoms with van der Waals surface area (Å²) in [4.78, 5) is 13.2. The van der Waals surface area contributed by atoms with E-state index in [1.165, 1.54) is 4.90 Å². The standard InChI is InChI=1S/C11H18F3NO2/c1-3-8(2)9(16)15-6-4-10(17,5-7-15)11(12,13)14/h8,17H,3-7H2,1-2H3. The Morgan fingerprint density at radius 1 is 1.41 bits per heavy atom. The van der Waals surface area contributed by atoms with Crippen LogP contribution in [0.2, 0.25) is 0 Å². The number of aliphatic hydroxyl groups is 1. The summed E-state index contributed by atoms with van der Waals surface area (Å²) >= 11 is 0. The second kappa shape index (κ2) is 4.84. The summed E-state index contributed by atoms with van der Waals surface area (Å²) in [5, 5.41) is 9.44. The van der Waals surface area contributed by atoms with E-state index in [2.05, 4.69) is 0 Å². The normalized spacial score (nSPS) is 22.4. The van der Waals surface area contributed by atoms with Crippen LogP contribution in [0.4, 0.5) is 13.2 Å². The lowest BCUT2D eigenvalue weighted by Crippen LogP contribution is -2.55. The molecule has 1 atom stereocenters. The second-order valence-electron chi connectivity index (χ2n) is 4.66. The van der Waals surface area contributed by atoms with E-state index in [0.717, 1.165) is 0 Å². The topological polar surface area (TPSA) is 40.5 Å². The molecular weight excluding hydrogens is 235 g/mol. The maximum Gasteiger partial charge on any atom is 0.417 e. The maximum atomic E-state index is 12.5. The fourth-order valence-corrected chi connectivity index (χ4v) is 1.87. The molecule has 1 amide bonds. The Morgan fingerprint density at radius 3 is 2.24 bits per heavy atom. The summed E-state index contributed by atoms with van der Waals surface area (Å²) in [6, 6.07) is 0. The Labute approximate surface area is 98.6 Å². The average Bonchev–Trinajstić information content (AvgIpc) is 2.26. The van der Waals surface area contributed by atoms with Crippen molar-refractivity contribution in [2.24, 2.45) is 5.92 Å². The van der Waals surface area contributed by atoms with Crippen molar-refractivity contribution in [2.45, 2.75) is 44.9 Å². The van der Waals surface area contributed by atoms with Crippen LogP contribution < -0.4 is 0 Å². The molecule has 0 aromatic heterocycles. The molecule has 1 aliphatic heterocycles. The average molecular weight is 253 g/mol. The number of hydrogen-bond acceptors (Lipinski definition) is 2. The minimum Gasteiger partial charge on any atom is -0.380 e. The Balaban J connectivity index is 2.60. The monoisotopic (exact) mass is 253 g/mol. The van der Waals surface area contributed by atoms with Crippen molar-refractivity contribution in [3.05, 3.63) is 0 Å². The van der Waals surface area contributed by atoms with Crippen molar-refractivity contribution in [2.75, 3.05) is 13.1 Å². The van der Waals surface area contributed by atoms with Crippen molar-refractivity contribution in [3.63, 3.8) is 0 Å². The zero-order valence-corrected chi connectivity index (χ0v) is 10.0. The Bertz CT molecular complexity index is 283.